The molecule has 6 heteroatoms. The molecule has 0 radical (unpaired) electrons. The number of unbranched alkanes of at least 4 members (excludes halogenated alkanes) is 23. The predicted molar refractivity (Wildman–Crippen MR) is 279 cm³/mol. The minimum absolute atomic E-state index is 0.0947. The van der Waals surface area contributed by atoms with Gasteiger partial charge >= 0.3 is 17.9 Å². The zero-order chi connectivity index (χ0) is 47.2. The lowest BCUT2D eigenvalue weighted by Crippen LogP contribution is -2.30. The summed E-state index contributed by atoms with van der Waals surface area (Å²) < 4.78 is 16.8. The van der Waals surface area contributed by atoms with Crippen LogP contribution in [0.4, 0.5) is 0 Å². The summed E-state index contributed by atoms with van der Waals surface area (Å²) in [7, 11) is 0. The number of hydrogen-bond acceptors (Lipinski definition) is 6. The summed E-state index contributed by atoms with van der Waals surface area (Å²) in [5.74, 6) is -0.938. The van der Waals surface area contributed by atoms with E-state index >= 15 is 0 Å². The second kappa shape index (κ2) is 53.2. The number of esters is 3. The molecule has 0 amide bonds. The van der Waals surface area contributed by atoms with Crippen LogP contribution in [0.15, 0.2) is 85.1 Å². The van der Waals surface area contributed by atoms with Gasteiger partial charge in [0.1, 0.15) is 13.2 Å². The third-order valence-electron chi connectivity index (χ3n) is 11.4. The number of carbonyl (C=O) groups excluding carboxylic acids is 3. The normalized spacial score (nSPS) is 12.7. The van der Waals surface area contributed by atoms with Gasteiger partial charge in [-0.1, -0.05) is 221 Å². The van der Waals surface area contributed by atoms with Crippen LogP contribution in [0.1, 0.15) is 252 Å². The molecular formula is C59H100O6. The highest BCUT2D eigenvalue weighted by molar-refractivity contribution is 5.71. The number of hydrogen-bond donors (Lipinski definition) is 0. The summed E-state index contributed by atoms with van der Waals surface area (Å²) in [6.07, 6.45) is 68.5. The van der Waals surface area contributed by atoms with Crippen LogP contribution in [-0.4, -0.2) is 37.2 Å². The third kappa shape index (κ3) is 51.4. The average molecular weight is 905 g/mol. The Labute approximate surface area is 401 Å². The molecule has 0 saturated carbocycles. The van der Waals surface area contributed by atoms with Gasteiger partial charge in [-0.25, -0.2) is 0 Å². The third-order valence-corrected chi connectivity index (χ3v) is 11.4. The van der Waals surface area contributed by atoms with Crippen LogP contribution in [0.2, 0.25) is 0 Å². The molecule has 0 bridgehead atoms. The van der Waals surface area contributed by atoms with Crippen molar-refractivity contribution in [2.75, 3.05) is 13.2 Å². The number of carbonyl (C=O) groups is 3. The van der Waals surface area contributed by atoms with Gasteiger partial charge < -0.3 is 14.2 Å². The van der Waals surface area contributed by atoms with Crippen molar-refractivity contribution in [3.8, 4) is 0 Å². The Bertz CT molecular complexity index is 1270. The molecule has 1 atom stereocenters. The van der Waals surface area contributed by atoms with Gasteiger partial charge in [-0.3, -0.25) is 14.4 Å². The van der Waals surface area contributed by atoms with Crippen molar-refractivity contribution in [1.29, 1.82) is 0 Å². The smallest absolute Gasteiger partial charge is 0.306 e. The molecule has 0 heterocycles. The first-order chi connectivity index (χ1) is 32.0. The first-order valence-electron chi connectivity index (χ1n) is 27.1. The number of ether oxygens (including phenoxy) is 3. The van der Waals surface area contributed by atoms with E-state index in [1.165, 1.54) is 89.9 Å². The monoisotopic (exact) mass is 905 g/mol. The highest BCUT2D eigenvalue weighted by Gasteiger charge is 2.19. The molecule has 372 valence electrons. The average Bonchev–Trinajstić information content (AvgIpc) is 3.30. The topological polar surface area (TPSA) is 78.9 Å². The molecule has 0 aliphatic rings. The fraction of sp³-hybridized carbons (Fsp3) is 0.712. The van der Waals surface area contributed by atoms with E-state index in [9.17, 15) is 14.4 Å². The molecule has 0 rings (SSSR count). The van der Waals surface area contributed by atoms with E-state index in [1.807, 2.05) is 0 Å². The quantitative estimate of drug-likeness (QED) is 0.0262. The molecule has 65 heavy (non-hydrogen) atoms. The minimum Gasteiger partial charge on any atom is -0.462 e. The summed E-state index contributed by atoms with van der Waals surface area (Å²) in [5.41, 5.74) is 0. The lowest BCUT2D eigenvalue weighted by molar-refractivity contribution is -0.167. The Kier molecular flexibility index (Phi) is 50.4. The van der Waals surface area contributed by atoms with E-state index < -0.39 is 6.10 Å². The summed E-state index contributed by atoms with van der Waals surface area (Å²) in [4.78, 5) is 38.0. The molecule has 0 unspecified atom stereocenters. The van der Waals surface area contributed by atoms with Gasteiger partial charge in [-0.2, -0.15) is 0 Å². The van der Waals surface area contributed by atoms with Crippen LogP contribution >= 0.6 is 0 Å². The lowest BCUT2D eigenvalue weighted by atomic mass is 10.0. The van der Waals surface area contributed by atoms with Crippen LogP contribution in [0.5, 0.6) is 0 Å². The van der Waals surface area contributed by atoms with Crippen molar-refractivity contribution < 1.29 is 28.6 Å². The minimum atomic E-state index is -0.795. The largest absolute Gasteiger partial charge is 0.462 e. The van der Waals surface area contributed by atoms with E-state index in [-0.39, 0.29) is 31.1 Å². The zero-order valence-corrected chi connectivity index (χ0v) is 42.5. The Morgan fingerprint density at radius 3 is 0.985 bits per heavy atom. The fourth-order valence-corrected chi connectivity index (χ4v) is 7.32. The van der Waals surface area contributed by atoms with Crippen molar-refractivity contribution in [2.45, 2.75) is 258 Å². The molecule has 0 spiro atoms. The number of rotatable bonds is 48. The SMILES string of the molecule is CC/C=C\C/C=C\C/C=C\CCCCCCCC(=O)OC[C@@H](COC(=O)CCCCC/C=C\C/C=C\C/C=C\C/C=C\CCCCC)OC(=O)CCCCCCCCCCCCCCC. The van der Waals surface area contributed by atoms with E-state index in [0.717, 1.165) is 122 Å². The number of allylic oxidation sites excluding steroid dienone is 14. The predicted octanol–water partition coefficient (Wildman–Crippen LogP) is 18.0. The maximum Gasteiger partial charge on any atom is 0.306 e. The molecule has 6 nitrogen and oxygen atoms in total. The van der Waals surface area contributed by atoms with Crippen molar-refractivity contribution in [1.82, 2.24) is 0 Å². The Balaban J connectivity index is 4.45. The van der Waals surface area contributed by atoms with Gasteiger partial charge in [0, 0.05) is 19.3 Å². The Morgan fingerprint density at radius 2 is 0.600 bits per heavy atom. The molecule has 0 aromatic carbocycles. The van der Waals surface area contributed by atoms with Crippen LogP contribution in [0, 0.1) is 0 Å². The molecule has 0 aliphatic carbocycles. The standard InChI is InChI=1S/C59H100O6/c1-4-7-10-13-16-19-22-25-27-28-29-30-32-35-37-40-43-46-49-52-58(61)64-55-56(65-59(62)53-50-47-44-41-38-33-24-21-18-15-12-9-6-3)54-63-57(60)51-48-45-42-39-36-34-31-26-23-20-17-14-11-8-5-2/h8,11,16-17,19-20,25-27,29-31,35,37,56H,4-7,9-10,12-15,18,21-24,28,32-34,36,38-55H2,1-3H3/b11-8-,19-16-,20-17-,27-25-,30-29-,31-26-,37-35-/t56-/m0/s1. The van der Waals surface area contributed by atoms with E-state index in [2.05, 4.69) is 106 Å². The highest BCUT2D eigenvalue weighted by atomic mass is 16.6. The van der Waals surface area contributed by atoms with Gasteiger partial charge in [0.15, 0.2) is 6.10 Å². The second-order valence-corrected chi connectivity index (χ2v) is 17.8. The van der Waals surface area contributed by atoms with Crippen molar-refractivity contribution in [2.24, 2.45) is 0 Å². The van der Waals surface area contributed by atoms with E-state index in [0.29, 0.717) is 19.3 Å². The summed E-state index contributed by atoms with van der Waals surface area (Å²) >= 11 is 0. The zero-order valence-electron chi connectivity index (χ0n) is 42.5. The van der Waals surface area contributed by atoms with Crippen LogP contribution in [-0.2, 0) is 28.6 Å². The summed E-state index contributed by atoms with van der Waals surface area (Å²) in [6.45, 7) is 6.46. The van der Waals surface area contributed by atoms with Crippen molar-refractivity contribution in [3.63, 3.8) is 0 Å². The Hall–Kier alpha value is -3.41. The molecule has 0 saturated heterocycles. The molecular weight excluding hydrogens is 805 g/mol. The molecule has 0 aromatic heterocycles. The van der Waals surface area contributed by atoms with Gasteiger partial charge in [0.2, 0.25) is 0 Å². The lowest BCUT2D eigenvalue weighted by Gasteiger charge is -2.18. The van der Waals surface area contributed by atoms with Gasteiger partial charge in [-0.15, -0.1) is 0 Å². The molecule has 0 fully saturated rings. The van der Waals surface area contributed by atoms with Crippen molar-refractivity contribution in [3.05, 3.63) is 85.1 Å². The summed E-state index contributed by atoms with van der Waals surface area (Å²) in [6, 6.07) is 0. The fourth-order valence-electron chi connectivity index (χ4n) is 7.32. The maximum absolute atomic E-state index is 12.8. The van der Waals surface area contributed by atoms with Crippen molar-refractivity contribution >= 4 is 17.9 Å². The molecule has 0 aromatic rings. The van der Waals surface area contributed by atoms with Crippen LogP contribution in [0.25, 0.3) is 0 Å². The molecule has 0 aliphatic heterocycles. The van der Waals surface area contributed by atoms with Gasteiger partial charge in [-0.05, 0) is 96.3 Å². The highest BCUT2D eigenvalue weighted by Crippen LogP contribution is 2.15. The van der Waals surface area contributed by atoms with E-state index in [4.69, 9.17) is 14.2 Å². The second-order valence-electron chi connectivity index (χ2n) is 17.8. The first kappa shape index (κ1) is 61.6. The van der Waals surface area contributed by atoms with Crippen LogP contribution < -0.4 is 0 Å². The summed E-state index contributed by atoms with van der Waals surface area (Å²) in [5, 5.41) is 0. The molecule has 0 N–H and O–H groups in total. The van der Waals surface area contributed by atoms with Crippen LogP contribution in [0.3, 0.4) is 0 Å². The first-order valence-corrected chi connectivity index (χ1v) is 27.1. The van der Waals surface area contributed by atoms with E-state index in [1.54, 1.807) is 0 Å². The van der Waals surface area contributed by atoms with Gasteiger partial charge in [0.25, 0.3) is 0 Å². The Morgan fingerprint density at radius 1 is 0.323 bits per heavy atom. The van der Waals surface area contributed by atoms with Gasteiger partial charge in [0.05, 0.1) is 0 Å². The maximum atomic E-state index is 12.8.